The van der Waals surface area contributed by atoms with Crippen molar-refractivity contribution in [3.63, 3.8) is 0 Å². The number of para-hydroxylation sites is 1. The van der Waals surface area contributed by atoms with Gasteiger partial charge in [0, 0.05) is 62.2 Å². The molecule has 0 saturated carbocycles. The van der Waals surface area contributed by atoms with E-state index in [9.17, 15) is 0 Å². The molecule has 0 amide bonds. The molecule has 0 fully saturated rings. The van der Waals surface area contributed by atoms with Crippen LogP contribution in [0.5, 0.6) is 11.5 Å². The number of fused-ring (bicyclic) bond motifs is 4. The van der Waals surface area contributed by atoms with Gasteiger partial charge in [-0.15, -0.1) is 41.4 Å². The van der Waals surface area contributed by atoms with E-state index in [0.29, 0.717) is 18.0 Å². The Morgan fingerprint density at radius 3 is 1.91 bits per heavy atom. The minimum atomic E-state index is -0.0260. The predicted octanol–water partition coefficient (Wildman–Crippen LogP) is 15.7. The first-order valence-electron chi connectivity index (χ1n) is 22.6. The Kier molecular flexibility index (Phi) is 12.0. The van der Waals surface area contributed by atoms with Gasteiger partial charge < -0.3 is 19.1 Å². The summed E-state index contributed by atoms with van der Waals surface area (Å²) in [6.45, 7) is 30.2. The van der Waals surface area contributed by atoms with Gasteiger partial charge in [0.2, 0.25) is 0 Å². The number of rotatable bonds is 7. The first kappa shape index (κ1) is 45.9. The molecule has 65 heavy (non-hydrogen) atoms. The zero-order chi connectivity index (χ0) is 45.3. The van der Waals surface area contributed by atoms with Crippen molar-refractivity contribution in [2.24, 2.45) is 0 Å². The van der Waals surface area contributed by atoms with Crippen LogP contribution in [0.25, 0.3) is 38.8 Å². The molecule has 1 aliphatic heterocycles. The summed E-state index contributed by atoms with van der Waals surface area (Å²) in [6, 6.07) is 53.5. The molecule has 6 heteroatoms. The molecular weight excluding hydrogens is 976 g/mol. The predicted molar refractivity (Wildman–Crippen MR) is 269 cm³/mol. The Labute approximate surface area is 401 Å². The van der Waals surface area contributed by atoms with E-state index in [1.165, 1.54) is 38.9 Å². The summed E-state index contributed by atoms with van der Waals surface area (Å²) < 4.78 is 8.87. The van der Waals surface area contributed by atoms with Gasteiger partial charge in [-0.25, -0.2) is 4.98 Å². The maximum absolute atomic E-state index is 6.67. The Bertz CT molecular complexity index is 3020. The molecule has 8 aromatic rings. The van der Waals surface area contributed by atoms with Crippen molar-refractivity contribution in [1.82, 2.24) is 9.55 Å². The second-order valence-corrected chi connectivity index (χ2v) is 21.7. The molecule has 9 rings (SSSR count). The zero-order valence-electron chi connectivity index (χ0n) is 40.0. The minimum Gasteiger partial charge on any atom is -0.509 e. The maximum Gasteiger partial charge on any atom is 0.135 e. The van der Waals surface area contributed by atoms with Gasteiger partial charge in [0.1, 0.15) is 5.82 Å². The molecule has 1 aliphatic rings. The summed E-state index contributed by atoms with van der Waals surface area (Å²) in [5.41, 5.74) is 14.1. The summed E-state index contributed by atoms with van der Waals surface area (Å²) in [5, 5.41) is 2.25. The molecule has 0 unspecified atom stereocenters. The van der Waals surface area contributed by atoms with Gasteiger partial charge in [-0.1, -0.05) is 149 Å². The minimum absolute atomic E-state index is 0. The number of pyridine rings is 1. The molecule has 0 bridgehead atoms. The van der Waals surface area contributed by atoms with Crippen molar-refractivity contribution < 1.29 is 25.8 Å². The number of aromatic nitrogens is 2. The van der Waals surface area contributed by atoms with Crippen molar-refractivity contribution in [1.29, 1.82) is 0 Å². The van der Waals surface area contributed by atoms with Crippen molar-refractivity contribution in [3.8, 4) is 28.4 Å². The molecule has 0 saturated heterocycles. The van der Waals surface area contributed by atoms with Gasteiger partial charge >= 0.3 is 0 Å². The molecule has 0 atom stereocenters. The Morgan fingerprint density at radius 2 is 1.20 bits per heavy atom. The van der Waals surface area contributed by atoms with Crippen molar-refractivity contribution in [2.45, 2.75) is 111 Å². The number of hydrogen-bond acceptors (Lipinski definition) is 4. The average Bonchev–Trinajstić information content (AvgIpc) is 3.77. The summed E-state index contributed by atoms with van der Waals surface area (Å²) in [4.78, 5) is 9.50. The maximum atomic E-state index is 6.67. The summed E-state index contributed by atoms with van der Waals surface area (Å²) in [5.74, 6) is 2.09. The fourth-order valence-electron chi connectivity index (χ4n) is 8.68. The van der Waals surface area contributed by atoms with E-state index in [1.807, 2.05) is 24.4 Å². The van der Waals surface area contributed by atoms with E-state index in [2.05, 4.69) is 225 Å². The third-order valence-corrected chi connectivity index (χ3v) is 12.6. The smallest absolute Gasteiger partial charge is 0.135 e. The fraction of sp³-hybridized carbons (Fsp3) is 0.288. The third-order valence-electron chi connectivity index (χ3n) is 12.6. The van der Waals surface area contributed by atoms with E-state index in [0.717, 1.165) is 44.7 Å². The number of hydrogen-bond donors (Lipinski definition) is 0. The van der Waals surface area contributed by atoms with Gasteiger partial charge in [0.15, 0.2) is 0 Å². The molecule has 5 nitrogen and oxygen atoms in total. The Morgan fingerprint density at radius 1 is 0.538 bits per heavy atom. The van der Waals surface area contributed by atoms with Crippen molar-refractivity contribution >= 4 is 38.9 Å². The van der Waals surface area contributed by atoms with Gasteiger partial charge in [-0.2, -0.15) is 18.8 Å². The van der Waals surface area contributed by atoms with Gasteiger partial charge in [0.25, 0.3) is 0 Å². The molecule has 6 aromatic carbocycles. The molecule has 0 radical (unpaired) electrons. The quantitative estimate of drug-likeness (QED) is 0.149. The van der Waals surface area contributed by atoms with Crippen molar-refractivity contribution in [3.05, 3.63) is 180 Å². The van der Waals surface area contributed by atoms with E-state index < -0.39 is 0 Å². The second-order valence-electron chi connectivity index (χ2n) is 21.7. The van der Waals surface area contributed by atoms with Crippen LogP contribution >= 0.6 is 0 Å². The van der Waals surface area contributed by atoms with Gasteiger partial charge in [0.05, 0.1) is 0 Å². The number of nitrogens with zero attached hydrogens (tertiary/aromatic N) is 4. The SMILES string of the molecule is CC(C)(C)c1ccc(-c2cc(CN3[CH-]N(c4[c-]c(Oc5[c-]c6c(cc5)c5ccccc5n6-c5cc(C(C)(C)C)ccn5)ccc4)c4cc(C(C)(C)C)ccc43)cc(C(C)(C)C)c2)cc1.[Pt]. The van der Waals surface area contributed by atoms with E-state index in [1.54, 1.807) is 0 Å². The molecule has 336 valence electrons. The largest absolute Gasteiger partial charge is 0.509 e. The fourth-order valence-corrected chi connectivity index (χ4v) is 8.68. The third kappa shape index (κ3) is 9.28. The molecular formula is C59H61N4OPt-3. The summed E-state index contributed by atoms with van der Waals surface area (Å²) in [7, 11) is 0. The van der Waals surface area contributed by atoms with Crippen LogP contribution in [0.1, 0.15) is 111 Å². The molecule has 0 aliphatic carbocycles. The van der Waals surface area contributed by atoms with Crippen LogP contribution in [0.2, 0.25) is 0 Å². The first-order chi connectivity index (χ1) is 30.2. The monoisotopic (exact) mass is 1040 g/mol. The van der Waals surface area contributed by atoms with Crippen LogP contribution in [0.3, 0.4) is 0 Å². The molecule has 0 spiro atoms. The standard InChI is InChI=1S/C59H61N4O.Pt/c1-56(2,3)42-22-20-40(21-23-42)41-30-39(31-45(32-41)59(10,11)12)37-61-38-62(54-33-43(57(4,5)6)24-27-52(54)61)46-16-15-17-47(35-46)64-48-25-26-50-49-18-13-14-19-51(49)63(53(50)36-48)55-34-44(28-29-60-55)58(7,8)9;/h13-34,38H,37H2,1-12H3;/q-3;. The van der Waals surface area contributed by atoms with Crippen LogP contribution < -0.4 is 14.5 Å². The van der Waals surface area contributed by atoms with E-state index >= 15 is 0 Å². The second kappa shape index (κ2) is 17.0. The molecule has 2 aromatic heterocycles. The number of anilines is 3. The first-order valence-corrected chi connectivity index (χ1v) is 22.6. The van der Waals surface area contributed by atoms with Crippen LogP contribution in [-0.4, -0.2) is 9.55 Å². The Balaban J connectivity index is 0.00000576. The topological polar surface area (TPSA) is 33.5 Å². The van der Waals surface area contributed by atoms with Crippen LogP contribution in [0, 0.1) is 18.8 Å². The Hall–Kier alpha value is -5.64. The van der Waals surface area contributed by atoms with Gasteiger partial charge in [-0.05, 0) is 102 Å². The van der Waals surface area contributed by atoms with Crippen LogP contribution in [0.15, 0.2) is 134 Å². The molecule has 3 heterocycles. The van der Waals surface area contributed by atoms with Gasteiger partial charge in [-0.3, -0.25) is 0 Å². The van der Waals surface area contributed by atoms with Crippen LogP contribution in [-0.2, 0) is 49.3 Å². The summed E-state index contributed by atoms with van der Waals surface area (Å²) in [6.07, 6.45) is 1.91. The summed E-state index contributed by atoms with van der Waals surface area (Å²) >= 11 is 0. The van der Waals surface area contributed by atoms with Crippen LogP contribution in [0.4, 0.5) is 17.1 Å². The number of benzene rings is 6. The van der Waals surface area contributed by atoms with E-state index in [-0.39, 0.29) is 42.7 Å². The molecule has 0 N–H and O–H groups in total. The number of ether oxygens (including phenoxy) is 1. The normalized spacial score (nSPS) is 13.4. The zero-order valence-corrected chi connectivity index (χ0v) is 42.3. The van der Waals surface area contributed by atoms with Crippen molar-refractivity contribution in [2.75, 3.05) is 9.80 Å². The van der Waals surface area contributed by atoms with E-state index in [4.69, 9.17) is 9.72 Å². The average molecular weight is 1040 g/mol.